The van der Waals surface area contributed by atoms with Gasteiger partial charge in [0.15, 0.2) is 0 Å². The Kier molecular flexibility index (Phi) is 2.79. The highest BCUT2D eigenvalue weighted by atomic mass is 16.6. The van der Waals surface area contributed by atoms with Crippen molar-refractivity contribution < 1.29 is 14.3 Å². The molecular weight excluding hydrogens is 220 g/mol. The normalized spacial score (nSPS) is 30.8. The van der Waals surface area contributed by atoms with Crippen LogP contribution in [-0.2, 0) is 9.53 Å². The Morgan fingerprint density at radius 1 is 1.24 bits per heavy atom. The highest BCUT2D eigenvalue weighted by molar-refractivity contribution is 5.83. The summed E-state index contributed by atoms with van der Waals surface area (Å²) >= 11 is 0. The first-order valence-electron chi connectivity index (χ1n) is 6.03. The van der Waals surface area contributed by atoms with Crippen LogP contribution in [0.5, 0.6) is 0 Å². The van der Waals surface area contributed by atoms with Gasteiger partial charge in [0, 0.05) is 26.1 Å². The van der Waals surface area contributed by atoms with Crippen molar-refractivity contribution in [3.05, 3.63) is 0 Å². The van der Waals surface area contributed by atoms with Gasteiger partial charge in [0.1, 0.15) is 5.60 Å². The molecule has 5 nitrogen and oxygen atoms in total. The molecule has 2 aliphatic rings. The zero-order valence-corrected chi connectivity index (χ0v) is 10.8. The summed E-state index contributed by atoms with van der Waals surface area (Å²) in [5.74, 6) is 0.882. The number of hydrogen-bond donors (Lipinski definition) is 1. The molecule has 17 heavy (non-hydrogen) atoms. The van der Waals surface area contributed by atoms with E-state index in [0.29, 0.717) is 24.9 Å². The average molecular weight is 240 g/mol. The number of carbonyl (C=O) groups is 2. The van der Waals surface area contributed by atoms with Crippen LogP contribution in [0.25, 0.3) is 0 Å². The van der Waals surface area contributed by atoms with E-state index in [2.05, 4.69) is 5.32 Å². The van der Waals surface area contributed by atoms with E-state index >= 15 is 0 Å². The van der Waals surface area contributed by atoms with Gasteiger partial charge in [0.25, 0.3) is 0 Å². The van der Waals surface area contributed by atoms with E-state index in [9.17, 15) is 9.59 Å². The van der Waals surface area contributed by atoms with Crippen molar-refractivity contribution >= 4 is 12.0 Å². The Balaban J connectivity index is 1.83. The van der Waals surface area contributed by atoms with Gasteiger partial charge in [-0.15, -0.1) is 0 Å². The summed E-state index contributed by atoms with van der Waals surface area (Å²) in [5.41, 5.74) is -0.454. The first-order chi connectivity index (χ1) is 7.83. The SMILES string of the molecule is CNC(=O)C1[C@H]2CN(C(=O)OC(C)(C)C)C[C@@H]12. The number of rotatable bonds is 1. The standard InChI is InChI=1S/C12H20N2O3/c1-12(2,3)17-11(16)14-5-7-8(6-14)9(7)10(15)13-4/h7-9H,5-6H2,1-4H3,(H,13,15)/t7-,8+,9?. The molecule has 1 aliphatic heterocycles. The quantitative estimate of drug-likeness (QED) is 0.739. The van der Waals surface area contributed by atoms with Crippen molar-refractivity contribution in [1.82, 2.24) is 10.2 Å². The second kappa shape index (κ2) is 3.89. The summed E-state index contributed by atoms with van der Waals surface area (Å²) in [5, 5.41) is 2.66. The van der Waals surface area contributed by atoms with Crippen molar-refractivity contribution in [3.63, 3.8) is 0 Å². The fourth-order valence-electron chi connectivity index (χ4n) is 2.56. The van der Waals surface area contributed by atoms with Crippen molar-refractivity contribution in [1.29, 1.82) is 0 Å². The molecule has 2 fully saturated rings. The molecule has 1 unspecified atom stereocenters. The third kappa shape index (κ3) is 2.37. The van der Waals surface area contributed by atoms with Gasteiger partial charge in [0.2, 0.25) is 5.91 Å². The van der Waals surface area contributed by atoms with Gasteiger partial charge in [-0.3, -0.25) is 4.79 Å². The molecule has 0 spiro atoms. The van der Waals surface area contributed by atoms with Gasteiger partial charge in [-0.1, -0.05) is 0 Å². The molecule has 1 aliphatic carbocycles. The molecule has 2 rings (SSSR count). The topological polar surface area (TPSA) is 58.6 Å². The molecule has 0 aromatic carbocycles. The third-order valence-electron chi connectivity index (χ3n) is 3.39. The highest BCUT2D eigenvalue weighted by Gasteiger charge is 2.60. The molecule has 1 N–H and O–H groups in total. The Hall–Kier alpha value is -1.26. The summed E-state index contributed by atoms with van der Waals surface area (Å²) in [7, 11) is 1.65. The summed E-state index contributed by atoms with van der Waals surface area (Å²) in [6.07, 6.45) is -0.264. The van der Waals surface area contributed by atoms with Crippen molar-refractivity contribution in [2.45, 2.75) is 26.4 Å². The lowest BCUT2D eigenvalue weighted by atomic mass is 10.2. The number of carbonyl (C=O) groups excluding carboxylic acids is 2. The van der Waals surface area contributed by atoms with E-state index in [1.54, 1.807) is 11.9 Å². The van der Waals surface area contributed by atoms with Gasteiger partial charge in [-0.2, -0.15) is 0 Å². The molecule has 0 radical (unpaired) electrons. The van der Waals surface area contributed by atoms with Crippen molar-refractivity contribution in [2.75, 3.05) is 20.1 Å². The number of likely N-dealkylation sites (tertiary alicyclic amines) is 1. The van der Waals surface area contributed by atoms with Gasteiger partial charge in [-0.25, -0.2) is 4.79 Å². The summed E-state index contributed by atoms with van der Waals surface area (Å²) < 4.78 is 5.30. The largest absolute Gasteiger partial charge is 0.444 e. The average Bonchev–Trinajstić information content (AvgIpc) is 2.69. The number of piperidine rings is 1. The number of nitrogens with one attached hydrogen (secondary N) is 1. The molecule has 96 valence electrons. The lowest BCUT2D eigenvalue weighted by molar-refractivity contribution is -0.122. The number of ether oxygens (including phenoxy) is 1. The van der Waals surface area contributed by atoms with Crippen molar-refractivity contribution in [3.8, 4) is 0 Å². The first-order valence-corrected chi connectivity index (χ1v) is 6.03. The van der Waals surface area contributed by atoms with Crippen LogP contribution in [0.15, 0.2) is 0 Å². The molecule has 2 amide bonds. The summed E-state index contributed by atoms with van der Waals surface area (Å²) in [6.45, 7) is 6.87. The summed E-state index contributed by atoms with van der Waals surface area (Å²) in [4.78, 5) is 24.9. The third-order valence-corrected chi connectivity index (χ3v) is 3.39. The highest BCUT2D eigenvalue weighted by Crippen LogP contribution is 2.51. The molecule has 3 atom stereocenters. The first kappa shape index (κ1) is 12.2. The van der Waals surface area contributed by atoms with Crippen LogP contribution in [0.1, 0.15) is 20.8 Å². The lowest BCUT2D eigenvalue weighted by Gasteiger charge is -2.25. The molecule has 0 aromatic heterocycles. The Labute approximate surface area is 101 Å². The van der Waals surface area contributed by atoms with E-state index in [1.165, 1.54) is 0 Å². The Morgan fingerprint density at radius 2 is 1.76 bits per heavy atom. The monoisotopic (exact) mass is 240 g/mol. The summed E-state index contributed by atoms with van der Waals surface area (Å²) in [6, 6.07) is 0. The van der Waals surface area contributed by atoms with E-state index in [0.717, 1.165) is 0 Å². The zero-order chi connectivity index (χ0) is 12.8. The molecule has 1 heterocycles. The van der Waals surface area contributed by atoms with E-state index in [1.807, 2.05) is 20.8 Å². The second-order valence-electron chi connectivity index (χ2n) is 5.85. The number of fused-ring (bicyclic) bond motifs is 1. The smallest absolute Gasteiger partial charge is 0.410 e. The van der Waals surface area contributed by atoms with Crippen LogP contribution in [0, 0.1) is 17.8 Å². The Bertz CT molecular complexity index is 336. The number of nitrogens with zero attached hydrogens (tertiary/aromatic N) is 1. The fourth-order valence-corrected chi connectivity index (χ4v) is 2.56. The maximum Gasteiger partial charge on any atom is 0.410 e. The van der Waals surface area contributed by atoms with Crippen LogP contribution in [0.3, 0.4) is 0 Å². The Morgan fingerprint density at radius 3 is 2.18 bits per heavy atom. The zero-order valence-electron chi connectivity index (χ0n) is 10.8. The molecule has 1 saturated heterocycles. The molecule has 1 saturated carbocycles. The maximum atomic E-state index is 11.8. The predicted octanol–water partition coefficient (Wildman–Crippen LogP) is 0.845. The van der Waals surface area contributed by atoms with Crippen LogP contribution >= 0.6 is 0 Å². The maximum absolute atomic E-state index is 11.8. The minimum Gasteiger partial charge on any atom is -0.444 e. The molecular formula is C12H20N2O3. The molecule has 0 aromatic rings. The van der Waals surface area contributed by atoms with Gasteiger partial charge in [0.05, 0.1) is 0 Å². The number of amides is 2. The van der Waals surface area contributed by atoms with Crippen LogP contribution in [0.2, 0.25) is 0 Å². The lowest BCUT2D eigenvalue weighted by Crippen LogP contribution is -2.38. The predicted molar refractivity (Wildman–Crippen MR) is 62.3 cm³/mol. The van der Waals surface area contributed by atoms with E-state index in [4.69, 9.17) is 4.74 Å². The molecule has 5 heteroatoms. The van der Waals surface area contributed by atoms with Gasteiger partial charge in [-0.05, 0) is 32.6 Å². The van der Waals surface area contributed by atoms with Crippen LogP contribution in [0.4, 0.5) is 4.79 Å². The second-order valence-corrected chi connectivity index (χ2v) is 5.85. The van der Waals surface area contributed by atoms with Crippen LogP contribution < -0.4 is 5.32 Å². The minimum atomic E-state index is -0.454. The van der Waals surface area contributed by atoms with E-state index in [-0.39, 0.29) is 17.9 Å². The fraction of sp³-hybridized carbons (Fsp3) is 0.833. The minimum absolute atomic E-state index is 0.101. The van der Waals surface area contributed by atoms with Gasteiger partial charge < -0.3 is 15.0 Å². The van der Waals surface area contributed by atoms with Gasteiger partial charge >= 0.3 is 6.09 Å². The van der Waals surface area contributed by atoms with Crippen molar-refractivity contribution in [2.24, 2.45) is 17.8 Å². The number of hydrogen-bond acceptors (Lipinski definition) is 3. The van der Waals surface area contributed by atoms with Crippen LogP contribution in [-0.4, -0.2) is 42.6 Å². The van der Waals surface area contributed by atoms with E-state index < -0.39 is 5.60 Å². The molecule has 0 bridgehead atoms.